The number of ether oxygens (including phenoxy) is 2. The molecule has 0 radical (unpaired) electrons. The standard InChI is InChI=1S/C19H16FN3O5S.FH/c1-11-5-15(22-19(21-11)29(2,25)26)13-7-14(20)18(24)23(9-13)8-12-3-4-16-17(6-12)28-10-27-16;/h3-7,9H,8,10H2,1-2H3;1H. The summed E-state index contributed by atoms with van der Waals surface area (Å²) in [4.78, 5) is 20.2. The number of hydrogen-bond donors (Lipinski definition) is 0. The van der Waals surface area contributed by atoms with Gasteiger partial charge in [0.25, 0.3) is 5.56 Å². The molecular formula is C19H17F2N3O5S. The van der Waals surface area contributed by atoms with Gasteiger partial charge in [-0.1, -0.05) is 6.07 Å². The second-order valence-corrected chi connectivity index (χ2v) is 8.56. The molecule has 0 bridgehead atoms. The van der Waals surface area contributed by atoms with E-state index in [4.69, 9.17) is 9.47 Å². The van der Waals surface area contributed by atoms with E-state index >= 15 is 0 Å². The predicted molar refractivity (Wildman–Crippen MR) is 104 cm³/mol. The summed E-state index contributed by atoms with van der Waals surface area (Å²) in [5, 5.41) is -0.360. The van der Waals surface area contributed by atoms with Crippen molar-refractivity contribution in [1.82, 2.24) is 14.5 Å². The maximum absolute atomic E-state index is 14.3. The van der Waals surface area contributed by atoms with E-state index in [2.05, 4.69) is 9.97 Å². The van der Waals surface area contributed by atoms with E-state index in [-0.39, 0.29) is 34.5 Å². The molecule has 0 unspecified atom stereocenters. The third kappa shape index (κ3) is 4.15. The van der Waals surface area contributed by atoms with Crippen LogP contribution in [0.4, 0.5) is 9.09 Å². The maximum atomic E-state index is 14.3. The fourth-order valence-electron chi connectivity index (χ4n) is 2.95. The number of fused-ring (bicyclic) bond motifs is 1. The van der Waals surface area contributed by atoms with Gasteiger partial charge in [-0.15, -0.1) is 0 Å². The molecule has 158 valence electrons. The maximum Gasteiger partial charge on any atom is 0.286 e. The minimum Gasteiger partial charge on any atom is -0.454 e. The van der Waals surface area contributed by atoms with Crippen LogP contribution >= 0.6 is 0 Å². The minimum absolute atomic E-state index is 0. The Balaban J connectivity index is 0.00000256. The molecule has 0 saturated heterocycles. The average Bonchev–Trinajstić information content (AvgIpc) is 3.12. The number of benzene rings is 1. The van der Waals surface area contributed by atoms with Gasteiger partial charge in [0, 0.05) is 23.7 Å². The van der Waals surface area contributed by atoms with Gasteiger partial charge in [-0.25, -0.2) is 22.8 Å². The molecule has 30 heavy (non-hydrogen) atoms. The van der Waals surface area contributed by atoms with Crippen molar-refractivity contribution in [3.63, 3.8) is 0 Å². The van der Waals surface area contributed by atoms with Gasteiger partial charge in [-0.05, 0) is 36.8 Å². The van der Waals surface area contributed by atoms with Crippen molar-refractivity contribution >= 4 is 9.84 Å². The summed E-state index contributed by atoms with van der Waals surface area (Å²) < 4.78 is 49.7. The first-order chi connectivity index (χ1) is 13.7. The highest BCUT2D eigenvalue weighted by atomic mass is 32.2. The van der Waals surface area contributed by atoms with Crippen LogP contribution in [-0.4, -0.2) is 36.0 Å². The summed E-state index contributed by atoms with van der Waals surface area (Å²) in [7, 11) is -3.65. The summed E-state index contributed by atoms with van der Waals surface area (Å²) in [6.45, 7) is 1.82. The first-order valence-electron chi connectivity index (χ1n) is 8.55. The molecule has 0 aliphatic carbocycles. The van der Waals surface area contributed by atoms with Crippen LogP contribution in [0.25, 0.3) is 11.3 Å². The third-order valence-corrected chi connectivity index (χ3v) is 5.14. The summed E-state index contributed by atoms with van der Waals surface area (Å²) in [5.74, 6) is 0.183. The number of aromatic nitrogens is 3. The molecule has 1 aliphatic rings. The molecule has 1 aromatic carbocycles. The molecule has 11 heteroatoms. The highest BCUT2D eigenvalue weighted by molar-refractivity contribution is 7.90. The molecule has 0 N–H and O–H groups in total. The first kappa shape index (κ1) is 21.4. The van der Waals surface area contributed by atoms with E-state index in [9.17, 15) is 17.6 Å². The van der Waals surface area contributed by atoms with E-state index in [1.165, 1.54) is 16.8 Å². The molecular weight excluding hydrogens is 420 g/mol. The molecule has 1 aliphatic heterocycles. The number of hydrogen-bond acceptors (Lipinski definition) is 7. The summed E-state index contributed by atoms with van der Waals surface area (Å²) in [6, 6.07) is 7.75. The normalized spacial score (nSPS) is 12.5. The van der Waals surface area contributed by atoms with Crippen molar-refractivity contribution in [3.8, 4) is 22.8 Å². The monoisotopic (exact) mass is 437 g/mol. The van der Waals surface area contributed by atoms with E-state index in [0.717, 1.165) is 12.3 Å². The topological polar surface area (TPSA) is 100 Å². The van der Waals surface area contributed by atoms with Gasteiger partial charge in [0.1, 0.15) is 0 Å². The summed E-state index contributed by atoms with van der Waals surface area (Å²) >= 11 is 0. The SMILES string of the molecule is Cc1cc(-c2cc(F)c(=O)n(Cc3ccc4c(c3)OCO4)c2)nc(S(C)(=O)=O)n1.F. The van der Waals surface area contributed by atoms with E-state index in [0.29, 0.717) is 22.8 Å². The van der Waals surface area contributed by atoms with Crippen molar-refractivity contribution in [2.75, 3.05) is 13.0 Å². The smallest absolute Gasteiger partial charge is 0.286 e. The van der Waals surface area contributed by atoms with Crippen molar-refractivity contribution < 1.29 is 27.0 Å². The number of rotatable bonds is 4. The minimum atomic E-state index is -3.65. The summed E-state index contributed by atoms with van der Waals surface area (Å²) in [6.07, 6.45) is 2.43. The first-order valence-corrected chi connectivity index (χ1v) is 10.4. The second-order valence-electron chi connectivity index (χ2n) is 6.65. The molecule has 0 fully saturated rings. The lowest BCUT2D eigenvalue weighted by molar-refractivity contribution is 0.174. The zero-order chi connectivity index (χ0) is 20.8. The Bertz CT molecular complexity index is 1290. The van der Waals surface area contributed by atoms with E-state index < -0.39 is 21.2 Å². The van der Waals surface area contributed by atoms with Crippen LogP contribution in [0.2, 0.25) is 0 Å². The molecule has 0 amide bonds. The van der Waals surface area contributed by atoms with E-state index in [1.54, 1.807) is 25.1 Å². The average molecular weight is 437 g/mol. The fourth-order valence-corrected chi connectivity index (χ4v) is 3.52. The Morgan fingerprint density at radius 3 is 2.60 bits per heavy atom. The van der Waals surface area contributed by atoms with Gasteiger partial charge in [0.15, 0.2) is 17.3 Å². The van der Waals surface area contributed by atoms with Crippen LogP contribution < -0.4 is 15.0 Å². The van der Waals surface area contributed by atoms with Crippen molar-refractivity contribution in [1.29, 1.82) is 0 Å². The van der Waals surface area contributed by atoms with Gasteiger partial charge >= 0.3 is 0 Å². The number of sulfone groups is 1. The fraction of sp³-hybridized carbons (Fsp3) is 0.211. The van der Waals surface area contributed by atoms with E-state index in [1.807, 2.05) is 0 Å². The molecule has 2 aromatic heterocycles. The largest absolute Gasteiger partial charge is 0.454 e. The lowest BCUT2D eigenvalue weighted by Crippen LogP contribution is -2.23. The van der Waals surface area contributed by atoms with Crippen molar-refractivity contribution in [3.05, 3.63) is 64.0 Å². The van der Waals surface area contributed by atoms with Crippen LogP contribution in [0.3, 0.4) is 0 Å². The number of aryl methyl sites for hydroxylation is 1. The Morgan fingerprint density at radius 2 is 1.87 bits per heavy atom. The predicted octanol–water partition coefficient (Wildman–Crippen LogP) is 2.09. The number of halogens is 2. The number of pyridine rings is 1. The van der Waals surface area contributed by atoms with Gasteiger partial charge in [-0.2, -0.15) is 0 Å². The molecule has 0 spiro atoms. The zero-order valence-corrected chi connectivity index (χ0v) is 16.8. The Kier molecular flexibility index (Phi) is 5.57. The molecule has 8 nitrogen and oxygen atoms in total. The molecule has 4 rings (SSSR count). The lowest BCUT2D eigenvalue weighted by Gasteiger charge is -2.11. The van der Waals surface area contributed by atoms with Crippen molar-refractivity contribution in [2.45, 2.75) is 18.6 Å². The Morgan fingerprint density at radius 1 is 1.13 bits per heavy atom. The van der Waals surface area contributed by atoms with Crippen LogP contribution in [0, 0.1) is 12.7 Å². The van der Waals surface area contributed by atoms with Gasteiger partial charge in [0.05, 0.1) is 12.2 Å². The highest BCUT2D eigenvalue weighted by Crippen LogP contribution is 2.32. The molecule has 3 heterocycles. The van der Waals surface area contributed by atoms with Crippen molar-refractivity contribution in [2.24, 2.45) is 0 Å². The number of nitrogens with zero attached hydrogens (tertiary/aromatic N) is 3. The highest BCUT2D eigenvalue weighted by Gasteiger charge is 2.17. The van der Waals surface area contributed by atoms with Gasteiger partial charge < -0.3 is 14.0 Å². The van der Waals surface area contributed by atoms with Crippen LogP contribution in [0.15, 0.2) is 46.5 Å². The quantitative estimate of drug-likeness (QED) is 0.576. The lowest BCUT2D eigenvalue weighted by atomic mass is 10.1. The van der Waals surface area contributed by atoms with Crippen LogP contribution in [0.5, 0.6) is 11.5 Å². The molecule has 3 aromatic rings. The van der Waals surface area contributed by atoms with Gasteiger partial charge in [0.2, 0.25) is 21.8 Å². The Hall–Kier alpha value is -3.34. The third-order valence-electron chi connectivity index (χ3n) is 4.29. The molecule has 0 atom stereocenters. The van der Waals surface area contributed by atoms with Crippen LogP contribution in [0.1, 0.15) is 11.3 Å². The molecule has 0 saturated carbocycles. The summed E-state index contributed by atoms with van der Waals surface area (Å²) in [5.41, 5.74) is 0.781. The van der Waals surface area contributed by atoms with Gasteiger partial charge in [-0.3, -0.25) is 9.50 Å². The zero-order valence-electron chi connectivity index (χ0n) is 16.0. The van der Waals surface area contributed by atoms with Crippen LogP contribution in [-0.2, 0) is 16.4 Å². The Labute approximate surface area is 170 Å². The second kappa shape index (κ2) is 7.82.